The molecule has 1 aliphatic rings. The first-order valence-corrected chi connectivity index (χ1v) is 6.57. The number of thiazole rings is 1. The first kappa shape index (κ1) is 11.4. The van der Waals surface area contributed by atoms with Gasteiger partial charge in [0, 0.05) is 30.6 Å². The van der Waals surface area contributed by atoms with Gasteiger partial charge in [0.15, 0.2) is 5.13 Å². The quantitative estimate of drug-likeness (QED) is 0.875. The molecule has 0 spiro atoms. The number of nitrogens with one attached hydrogen (secondary N) is 1. The minimum absolute atomic E-state index is 0.282. The van der Waals surface area contributed by atoms with Crippen molar-refractivity contribution in [2.45, 2.75) is 32.7 Å². The number of hydrogen-bond acceptors (Lipinski definition) is 4. The Bertz CT molecular complexity index is 364. The number of hydrogen-bond donors (Lipinski definition) is 1. The van der Waals surface area contributed by atoms with E-state index in [0.717, 1.165) is 42.5 Å². The lowest BCUT2D eigenvalue weighted by atomic mass is 10.1. The summed E-state index contributed by atoms with van der Waals surface area (Å²) in [7, 11) is 0. The lowest BCUT2D eigenvalue weighted by Gasteiger charge is -2.25. The van der Waals surface area contributed by atoms with Crippen LogP contribution in [0.3, 0.4) is 0 Å². The molecule has 0 bridgehead atoms. The second-order valence-corrected chi connectivity index (χ2v) is 5.05. The van der Waals surface area contributed by atoms with E-state index in [-0.39, 0.29) is 5.91 Å². The summed E-state index contributed by atoms with van der Waals surface area (Å²) in [4.78, 5) is 19.0. The van der Waals surface area contributed by atoms with Gasteiger partial charge in [-0.3, -0.25) is 4.79 Å². The molecule has 1 saturated heterocycles. The zero-order valence-corrected chi connectivity index (χ0v) is 10.3. The summed E-state index contributed by atoms with van der Waals surface area (Å²) in [6.45, 7) is 4.56. The van der Waals surface area contributed by atoms with Crippen LogP contribution in [0, 0.1) is 0 Å². The summed E-state index contributed by atoms with van der Waals surface area (Å²) in [5.74, 6) is 0.282. The molecule has 5 heteroatoms. The highest BCUT2D eigenvalue weighted by molar-refractivity contribution is 7.15. The zero-order chi connectivity index (χ0) is 11.4. The van der Waals surface area contributed by atoms with Crippen molar-refractivity contribution in [3.05, 3.63) is 11.1 Å². The van der Waals surface area contributed by atoms with E-state index in [1.807, 2.05) is 11.1 Å². The first-order chi connectivity index (χ1) is 7.79. The molecule has 2 rings (SSSR count). The first-order valence-electron chi connectivity index (χ1n) is 5.76. The van der Waals surface area contributed by atoms with Crippen molar-refractivity contribution in [1.82, 2.24) is 9.88 Å². The van der Waals surface area contributed by atoms with Crippen LogP contribution in [-0.4, -0.2) is 28.9 Å². The maximum absolute atomic E-state index is 11.6. The third-order valence-corrected chi connectivity index (χ3v) is 3.59. The number of amides is 1. The van der Waals surface area contributed by atoms with Crippen molar-refractivity contribution in [3.8, 4) is 0 Å². The van der Waals surface area contributed by atoms with Crippen molar-refractivity contribution >= 4 is 22.4 Å². The number of aromatic nitrogens is 1. The third kappa shape index (κ3) is 2.72. The average molecular weight is 239 g/mol. The van der Waals surface area contributed by atoms with Crippen molar-refractivity contribution in [3.63, 3.8) is 0 Å². The standard InChI is InChI=1S/C11H17N3OS/c1-2-12-11-13-7-9(16-11)8-14-6-4-3-5-10(14)15/h7H,2-6,8H2,1H3,(H,12,13). The molecule has 0 atom stereocenters. The lowest BCUT2D eigenvalue weighted by Crippen LogP contribution is -2.34. The van der Waals surface area contributed by atoms with E-state index >= 15 is 0 Å². The van der Waals surface area contributed by atoms with E-state index < -0.39 is 0 Å². The maximum atomic E-state index is 11.6. The molecule has 0 aliphatic carbocycles. The Morgan fingerprint density at radius 2 is 2.44 bits per heavy atom. The number of nitrogens with zero attached hydrogens (tertiary/aromatic N) is 2. The van der Waals surface area contributed by atoms with Gasteiger partial charge in [-0.2, -0.15) is 0 Å². The van der Waals surface area contributed by atoms with Gasteiger partial charge in [0.25, 0.3) is 0 Å². The van der Waals surface area contributed by atoms with Crippen LogP contribution in [0.15, 0.2) is 6.20 Å². The van der Waals surface area contributed by atoms with Gasteiger partial charge < -0.3 is 10.2 Å². The summed E-state index contributed by atoms with van der Waals surface area (Å²) in [5, 5.41) is 4.13. The maximum Gasteiger partial charge on any atom is 0.222 e. The Balaban J connectivity index is 1.94. The SMILES string of the molecule is CCNc1ncc(CN2CCCCC2=O)s1. The normalized spacial score (nSPS) is 16.6. The fraction of sp³-hybridized carbons (Fsp3) is 0.636. The molecule has 1 aromatic heterocycles. The molecule has 1 aromatic rings. The summed E-state index contributed by atoms with van der Waals surface area (Å²) in [6.07, 6.45) is 4.74. The Morgan fingerprint density at radius 1 is 1.56 bits per heavy atom. The molecular weight excluding hydrogens is 222 g/mol. The number of rotatable bonds is 4. The molecule has 4 nitrogen and oxygen atoms in total. The van der Waals surface area contributed by atoms with Crippen molar-refractivity contribution < 1.29 is 4.79 Å². The monoisotopic (exact) mass is 239 g/mol. The van der Waals surface area contributed by atoms with Gasteiger partial charge in [-0.15, -0.1) is 11.3 Å². The van der Waals surface area contributed by atoms with Crippen LogP contribution >= 0.6 is 11.3 Å². The second kappa shape index (κ2) is 5.30. The number of likely N-dealkylation sites (tertiary alicyclic amines) is 1. The molecule has 0 unspecified atom stereocenters. The fourth-order valence-corrected chi connectivity index (χ4v) is 2.73. The lowest BCUT2D eigenvalue weighted by molar-refractivity contribution is -0.133. The van der Waals surface area contributed by atoms with Gasteiger partial charge >= 0.3 is 0 Å². The summed E-state index contributed by atoms with van der Waals surface area (Å²) < 4.78 is 0. The minimum Gasteiger partial charge on any atom is -0.362 e. The predicted octanol–water partition coefficient (Wildman–Crippen LogP) is 2.09. The molecule has 1 amide bonds. The molecule has 0 aromatic carbocycles. The molecule has 16 heavy (non-hydrogen) atoms. The van der Waals surface area contributed by atoms with Crippen LogP contribution < -0.4 is 5.32 Å². The van der Waals surface area contributed by atoms with Crippen molar-refractivity contribution in [2.24, 2.45) is 0 Å². The smallest absolute Gasteiger partial charge is 0.222 e. The summed E-state index contributed by atoms with van der Waals surface area (Å²) in [5.41, 5.74) is 0. The highest BCUT2D eigenvalue weighted by atomic mass is 32.1. The van der Waals surface area contributed by atoms with Gasteiger partial charge in [0.1, 0.15) is 0 Å². The van der Waals surface area contributed by atoms with Gasteiger partial charge in [0.2, 0.25) is 5.91 Å². The average Bonchev–Trinajstić information content (AvgIpc) is 2.70. The number of carbonyl (C=O) groups is 1. The van der Waals surface area contributed by atoms with Gasteiger partial charge in [0.05, 0.1) is 6.54 Å². The Morgan fingerprint density at radius 3 is 3.19 bits per heavy atom. The number of piperidine rings is 1. The van der Waals surface area contributed by atoms with Crippen molar-refractivity contribution in [1.29, 1.82) is 0 Å². The second-order valence-electron chi connectivity index (χ2n) is 3.93. The van der Waals surface area contributed by atoms with E-state index in [0.29, 0.717) is 6.42 Å². The molecule has 1 fully saturated rings. The van der Waals surface area contributed by atoms with Crippen molar-refractivity contribution in [2.75, 3.05) is 18.4 Å². The number of carbonyl (C=O) groups excluding carboxylic acids is 1. The molecule has 1 aliphatic heterocycles. The van der Waals surface area contributed by atoms with E-state index in [1.54, 1.807) is 11.3 Å². The minimum atomic E-state index is 0.282. The van der Waals surface area contributed by atoms with Gasteiger partial charge in [-0.1, -0.05) is 0 Å². The number of anilines is 1. The summed E-state index contributed by atoms with van der Waals surface area (Å²) >= 11 is 1.64. The Labute approximate surface area is 99.7 Å². The molecule has 2 heterocycles. The van der Waals surface area contributed by atoms with E-state index in [4.69, 9.17) is 0 Å². The molecular formula is C11H17N3OS. The van der Waals surface area contributed by atoms with E-state index in [9.17, 15) is 4.79 Å². The van der Waals surface area contributed by atoms with Crippen LogP contribution in [0.25, 0.3) is 0 Å². The Hall–Kier alpha value is -1.10. The highest BCUT2D eigenvalue weighted by Crippen LogP contribution is 2.21. The molecule has 0 radical (unpaired) electrons. The Kier molecular flexibility index (Phi) is 3.77. The van der Waals surface area contributed by atoms with Gasteiger partial charge in [-0.25, -0.2) is 4.98 Å². The molecule has 0 saturated carbocycles. The fourth-order valence-electron chi connectivity index (χ4n) is 1.83. The molecule has 1 N–H and O–H groups in total. The summed E-state index contributed by atoms with van der Waals surface area (Å²) in [6, 6.07) is 0. The van der Waals surface area contributed by atoms with Crippen LogP contribution in [0.2, 0.25) is 0 Å². The molecule has 88 valence electrons. The topological polar surface area (TPSA) is 45.2 Å². The van der Waals surface area contributed by atoms with Crippen LogP contribution in [-0.2, 0) is 11.3 Å². The highest BCUT2D eigenvalue weighted by Gasteiger charge is 2.18. The van der Waals surface area contributed by atoms with E-state index in [2.05, 4.69) is 17.2 Å². The van der Waals surface area contributed by atoms with Crippen LogP contribution in [0.1, 0.15) is 31.1 Å². The third-order valence-electron chi connectivity index (χ3n) is 2.65. The zero-order valence-electron chi connectivity index (χ0n) is 9.53. The van der Waals surface area contributed by atoms with Crippen LogP contribution in [0.4, 0.5) is 5.13 Å². The van der Waals surface area contributed by atoms with Gasteiger partial charge in [-0.05, 0) is 19.8 Å². The predicted molar refractivity (Wildman–Crippen MR) is 65.5 cm³/mol. The van der Waals surface area contributed by atoms with Crippen LogP contribution in [0.5, 0.6) is 0 Å². The van der Waals surface area contributed by atoms with E-state index in [1.165, 1.54) is 0 Å². The largest absolute Gasteiger partial charge is 0.362 e.